The molecule has 0 amide bonds. The molecule has 0 heterocycles. The molecule has 17 heavy (non-hydrogen) atoms. The van der Waals surface area contributed by atoms with Crippen molar-refractivity contribution in [2.75, 3.05) is 0 Å². The van der Waals surface area contributed by atoms with Crippen LogP contribution in [0.3, 0.4) is 0 Å². The highest BCUT2D eigenvalue weighted by Gasteiger charge is 2.01. The van der Waals surface area contributed by atoms with Crippen LogP contribution in [-0.2, 0) is 0 Å². The molecule has 0 fully saturated rings. The first-order chi connectivity index (χ1) is 8.31. The maximum atomic E-state index is 2.44. The zero-order chi connectivity index (χ0) is 12.8. The summed E-state index contributed by atoms with van der Waals surface area (Å²) >= 11 is 0. The quantitative estimate of drug-likeness (QED) is 0.320. The van der Waals surface area contributed by atoms with Gasteiger partial charge in [-0.2, -0.15) is 0 Å². The molecule has 0 aliphatic carbocycles. The summed E-state index contributed by atoms with van der Waals surface area (Å²) in [6, 6.07) is 0. The molecule has 1 unspecified atom stereocenters. The second-order valence-electron chi connectivity index (χ2n) is 5.71. The van der Waals surface area contributed by atoms with Crippen LogP contribution >= 0.6 is 0 Å². The minimum absolute atomic E-state index is 0.961. The lowest BCUT2D eigenvalue weighted by atomic mass is 9.96. The first-order valence-corrected chi connectivity index (χ1v) is 8.09. The number of unbranched alkanes of at least 4 members (excludes halogenated alkanes) is 9. The van der Waals surface area contributed by atoms with Crippen molar-refractivity contribution in [1.82, 2.24) is 0 Å². The van der Waals surface area contributed by atoms with Gasteiger partial charge in [-0.25, -0.2) is 0 Å². The smallest absolute Gasteiger partial charge is 0.0417 e. The predicted octanol–water partition coefficient (Wildman–Crippen LogP) is 6.55. The Hall–Kier alpha value is 0. The van der Waals surface area contributed by atoms with Crippen LogP contribution in [0.25, 0.3) is 0 Å². The molecule has 0 spiro atoms. The molecule has 0 aliphatic heterocycles. The van der Waals surface area contributed by atoms with E-state index in [1.807, 2.05) is 0 Å². The Morgan fingerprint density at radius 2 is 1.29 bits per heavy atom. The second kappa shape index (κ2) is 14.1. The zero-order valence-corrected chi connectivity index (χ0v) is 12.6. The van der Waals surface area contributed by atoms with Gasteiger partial charge in [-0.15, -0.1) is 0 Å². The highest BCUT2D eigenvalue weighted by atomic mass is 14.1. The van der Waals surface area contributed by atoms with Gasteiger partial charge in [-0.1, -0.05) is 97.8 Å². The van der Waals surface area contributed by atoms with Crippen molar-refractivity contribution in [3.05, 3.63) is 6.42 Å². The molecule has 0 saturated heterocycles. The van der Waals surface area contributed by atoms with Crippen molar-refractivity contribution in [2.45, 2.75) is 97.8 Å². The van der Waals surface area contributed by atoms with Gasteiger partial charge in [0.1, 0.15) is 0 Å². The van der Waals surface area contributed by atoms with E-state index >= 15 is 0 Å². The molecule has 0 aromatic heterocycles. The molecule has 0 N–H and O–H groups in total. The third-order valence-corrected chi connectivity index (χ3v) is 3.74. The maximum Gasteiger partial charge on any atom is -0.0417 e. The van der Waals surface area contributed by atoms with Crippen molar-refractivity contribution in [3.63, 3.8) is 0 Å². The molecule has 0 bridgehead atoms. The van der Waals surface area contributed by atoms with Gasteiger partial charge in [0, 0.05) is 0 Å². The summed E-state index contributed by atoms with van der Waals surface area (Å²) in [5.41, 5.74) is 0. The lowest BCUT2D eigenvalue weighted by Crippen LogP contribution is -1.95. The van der Waals surface area contributed by atoms with Gasteiger partial charge in [0.05, 0.1) is 0 Å². The largest absolute Gasteiger partial charge is 0.0654 e. The van der Waals surface area contributed by atoms with Gasteiger partial charge >= 0.3 is 0 Å². The van der Waals surface area contributed by atoms with E-state index in [1.165, 1.54) is 77.0 Å². The minimum Gasteiger partial charge on any atom is -0.0654 e. The summed E-state index contributed by atoms with van der Waals surface area (Å²) in [6.45, 7) is 6.90. The summed E-state index contributed by atoms with van der Waals surface area (Å²) in [7, 11) is 0. The first kappa shape index (κ1) is 17.0. The first-order valence-electron chi connectivity index (χ1n) is 8.09. The molecule has 1 atom stereocenters. The Labute approximate surface area is 111 Å². The Kier molecular flexibility index (Phi) is 14.1. The van der Waals surface area contributed by atoms with E-state index in [4.69, 9.17) is 0 Å². The van der Waals surface area contributed by atoms with Gasteiger partial charge in [0.25, 0.3) is 0 Å². The molecule has 103 valence electrons. The van der Waals surface area contributed by atoms with E-state index in [0.29, 0.717) is 0 Å². The maximum absolute atomic E-state index is 2.44. The summed E-state index contributed by atoms with van der Waals surface area (Å²) in [6.07, 6.45) is 19.5. The molecule has 0 aromatic carbocycles. The van der Waals surface area contributed by atoms with E-state index < -0.39 is 0 Å². The van der Waals surface area contributed by atoms with Crippen LogP contribution in [0, 0.1) is 12.3 Å². The fraction of sp³-hybridized carbons (Fsp3) is 0.941. The Bertz CT molecular complexity index is 128. The molecule has 0 heteroatoms. The third kappa shape index (κ3) is 13.9. The van der Waals surface area contributed by atoms with E-state index in [2.05, 4.69) is 27.2 Å². The molecule has 0 saturated carbocycles. The van der Waals surface area contributed by atoms with Gasteiger partial charge in [-0.3, -0.25) is 0 Å². The third-order valence-electron chi connectivity index (χ3n) is 3.74. The van der Waals surface area contributed by atoms with Crippen molar-refractivity contribution in [1.29, 1.82) is 0 Å². The van der Waals surface area contributed by atoms with Crippen molar-refractivity contribution in [2.24, 2.45) is 5.92 Å². The van der Waals surface area contributed by atoms with E-state index in [0.717, 1.165) is 5.92 Å². The Balaban J connectivity index is 3.08. The average Bonchev–Trinajstić information content (AvgIpc) is 2.33. The van der Waals surface area contributed by atoms with E-state index in [1.54, 1.807) is 0 Å². The number of hydrogen-bond donors (Lipinski definition) is 0. The van der Waals surface area contributed by atoms with Crippen molar-refractivity contribution in [3.8, 4) is 0 Å². The summed E-state index contributed by atoms with van der Waals surface area (Å²) in [5.74, 6) is 0.961. The highest BCUT2D eigenvalue weighted by molar-refractivity contribution is 4.59. The summed E-state index contributed by atoms with van der Waals surface area (Å²) < 4.78 is 0. The van der Waals surface area contributed by atoms with Crippen LogP contribution < -0.4 is 0 Å². The molecule has 0 rings (SSSR count). The molecule has 0 nitrogen and oxygen atoms in total. The Morgan fingerprint density at radius 1 is 0.765 bits per heavy atom. The SMILES string of the molecule is C[CH]CCCCC(C)CCCCCCCCC. The standard InChI is InChI=1S/C17H35/c1-4-6-8-10-11-12-14-16-17(3)15-13-9-7-5-2/h5,17H,4,6-16H2,1-3H3. The summed E-state index contributed by atoms with van der Waals surface area (Å²) in [5, 5.41) is 0. The molecule has 1 radical (unpaired) electrons. The van der Waals surface area contributed by atoms with Crippen LogP contribution in [0.15, 0.2) is 0 Å². The monoisotopic (exact) mass is 239 g/mol. The lowest BCUT2D eigenvalue weighted by Gasteiger charge is -2.10. The van der Waals surface area contributed by atoms with Crippen LogP contribution in [-0.4, -0.2) is 0 Å². The lowest BCUT2D eigenvalue weighted by molar-refractivity contribution is 0.437. The number of hydrogen-bond acceptors (Lipinski definition) is 0. The molecular formula is C17H35. The van der Waals surface area contributed by atoms with Crippen LogP contribution in [0.2, 0.25) is 0 Å². The fourth-order valence-electron chi connectivity index (χ4n) is 2.44. The van der Waals surface area contributed by atoms with Gasteiger partial charge in [0.2, 0.25) is 0 Å². The minimum atomic E-state index is 0.961. The van der Waals surface area contributed by atoms with Crippen molar-refractivity contribution < 1.29 is 0 Å². The molecule has 0 aromatic rings. The van der Waals surface area contributed by atoms with Crippen LogP contribution in [0.5, 0.6) is 0 Å². The Morgan fingerprint density at radius 3 is 1.88 bits per heavy atom. The normalized spacial score (nSPS) is 12.9. The molecule has 0 aliphatic rings. The van der Waals surface area contributed by atoms with Crippen molar-refractivity contribution >= 4 is 0 Å². The number of rotatable bonds is 13. The van der Waals surface area contributed by atoms with Gasteiger partial charge < -0.3 is 0 Å². The second-order valence-corrected chi connectivity index (χ2v) is 5.71. The van der Waals surface area contributed by atoms with Gasteiger partial charge in [-0.05, 0) is 12.3 Å². The van der Waals surface area contributed by atoms with Gasteiger partial charge in [0.15, 0.2) is 0 Å². The molecular weight excluding hydrogens is 204 g/mol. The zero-order valence-electron chi connectivity index (χ0n) is 12.6. The predicted molar refractivity (Wildman–Crippen MR) is 80.2 cm³/mol. The van der Waals surface area contributed by atoms with Crippen LogP contribution in [0.1, 0.15) is 97.8 Å². The summed E-state index contributed by atoms with van der Waals surface area (Å²) in [4.78, 5) is 0. The highest BCUT2D eigenvalue weighted by Crippen LogP contribution is 2.17. The average molecular weight is 239 g/mol. The topological polar surface area (TPSA) is 0 Å². The van der Waals surface area contributed by atoms with E-state index in [-0.39, 0.29) is 0 Å². The van der Waals surface area contributed by atoms with Crippen LogP contribution in [0.4, 0.5) is 0 Å². The fourth-order valence-corrected chi connectivity index (χ4v) is 2.44. The van der Waals surface area contributed by atoms with E-state index in [9.17, 15) is 0 Å².